The van der Waals surface area contributed by atoms with Crippen molar-refractivity contribution in [3.63, 3.8) is 0 Å². The lowest BCUT2D eigenvalue weighted by Gasteiger charge is -2.23. The molecule has 0 radical (unpaired) electrons. The number of hydrogen-bond donors (Lipinski definition) is 2. The van der Waals surface area contributed by atoms with Crippen molar-refractivity contribution < 1.29 is 23.1 Å². The Kier molecular flexibility index (Phi) is 5.34. The van der Waals surface area contributed by atoms with Crippen molar-refractivity contribution in [1.82, 2.24) is 5.32 Å². The molecule has 1 amide bonds. The van der Waals surface area contributed by atoms with Crippen LogP contribution in [0.4, 0.5) is 13.2 Å². The van der Waals surface area contributed by atoms with Gasteiger partial charge in [0.05, 0.1) is 17.6 Å². The Hall–Kier alpha value is -1.56. The second-order valence-electron chi connectivity index (χ2n) is 6.48. The molecule has 1 aliphatic rings. The van der Waals surface area contributed by atoms with Crippen LogP contribution in [0.25, 0.3) is 0 Å². The first-order valence-corrected chi connectivity index (χ1v) is 7.86. The van der Waals surface area contributed by atoms with Crippen LogP contribution in [-0.4, -0.2) is 22.7 Å². The van der Waals surface area contributed by atoms with Crippen molar-refractivity contribution in [2.45, 2.75) is 63.3 Å². The fourth-order valence-electron chi connectivity index (χ4n) is 3.07. The van der Waals surface area contributed by atoms with E-state index in [4.69, 9.17) is 0 Å². The summed E-state index contributed by atoms with van der Waals surface area (Å²) in [6, 6.07) is 4.74. The minimum Gasteiger partial charge on any atom is -0.389 e. The van der Waals surface area contributed by atoms with Crippen molar-refractivity contribution in [1.29, 1.82) is 0 Å². The van der Waals surface area contributed by atoms with Crippen LogP contribution < -0.4 is 5.32 Å². The van der Waals surface area contributed by atoms with E-state index in [0.717, 1.165) is 30.5 Å². The summed E-state index contributed by atoms with van der Waals surface area (Å²) in [5.41, 5.74) is -0.843. The topological polar surface area (TPSA) is 49.3 Å². The van der Waals surface area contributed by atoms with Gasteiger partial charge in [-0.1, -0.05) is 25.0 Å². The average molecular weight is 329 g/mol. The second kappa shape index (κ2) is 6.91. The quantitative estimate of drug-likeness (QED) is 0.869. The van der Waals surface area contributed by atoms with Crippen LogP contribution in [-0.2, 0) is 17.4 Å². The average Bonchev–Trinajstić information content (AvgIpc) is 2.84. The van der Waals surface area contributed by atoms with Crippen molar-refractivity contribution in [3.05, 3.63) is 35.4 Å². The summed E-state index contributed by atoms with van der Waals surface area (Å²) >= 11 is 0. The van der Waals surface area contributed by atoms with Crippen LogP contribution in [0.15, 0.2) is 24.3 Å². The highest BCUT2D eigenvalue weighted by molar-refractivity contribution is 5.77. The van der Waals surface area contributed by atoms with Gasteiger partial charge in [-0.3, -0.25) is 4.79 Å². The molecule has 1 aromatic carbocycles. The van der Waals surface area contributed by atoms with E-state index in [1.54, 1.807) is 6.92 Å². The number of carbonyl (C=O) groups is 1. The number of rotatable bonds is 5. The Bertz CT molecular complexity index is 534. The zero-order valence-corrected chi connectivity index (χ0v) is 13.1. The molecule has 6 heteroatoms. The van der Waals surface area contributed by atoms with Crippen LogP contribution in [0.5, 0.6) is 0 Å². The Morgan fingerprint density at radius 3 is 2.35 bits per heavy atom. The Balaban J connectivity index is 1.84. The van der Waals surface area contributed by atoms with Crippen LogP contribution in [0.2, 0.25) is 0 Å². The molecule has 3 nitrogen and oxygen atoms in total. The van der Waals surface area contributed by atoms with Gasteiger partial charge in [-0.2, -0.15) is 13.2 Å². The highest BCUT2D eigenvalue weighted by atomic mass is 19.4. The van der Waals surface area contributed by atoms with Gasteiger partial charge in [0.2, 0.25) is 5.91 Å². The van der Waals surface area contributed by atoms with Crippen molar-refractivity contribution >= 4 is 5.91 Å². The number of halogens is 3. The summed E-state index contributed by atoms with van der Waals surface area (Å²) in [5, 5.41) is 13.0. The van der Waals surface area contributed by atoms with Crippen LogP contribution in [0.3, 0.4) is 0 Å². The van der Waals surface area contributed by atoms with Gasteiger partial charge in [-0.25, -0.2) is 0 Å². The molecule has 0 aromatic heterocycles. The van der Waals surface area contributed by atoms with E-state index in [1.807, 2.05) is 0 Å². The van der Waals surface area contributed by atoms with Gasteiger partial charge in [-0.15, -0.1) is 0 Å². The molecule has 0 aliphatic heterocycles. The smallest absolute Gasteiger partial charge is 0.389 e. The fourth-order valence-corrected chi connectivity index (χ4v) is 3.07. The molecule has 1 aliphatic carbocycles. The first-order valence-electron chi connectivity index (χ1n) is 7.86. The first kappa shape index (κ1) is 17.8. The number of carbonyl (C=O) groups excluding carboxylic acids is 1. The normalized spacial score (nSPS) is 18.7. The summed E-state index contributed by atoms with van der Waals surface area (Å²) in [6.45, 7) is 1.80. The number of benzene rings is 1. The van der Waals surface area contributed by atoms with E-state index in [0.29, 0.717) is 19.3 Å². The molecule has 1 saturated carbocycles. The third kappa shape index (κ3) is 5.23. The van der Waals surface area contributed by atoms with Gasteiger partial charge >= 0.3 is 6.18 Å². The minimum atomic E-state index is -4.34. The highest BCUT2D eigenvalue weighted by Crippen LogP contribution is 2.32. The summed E-state index contributed by atoms with van der Waals surface area (Å²) in [4.78, 5) is 12.0. The number of hydrogen-bond acceptors (Lipinski definition) is 2. The van der Waals surface area contributed by atoms with E-state index in [2.05, 4.69) is 5.32 Å². The molecule has 1 aromatic rings. The zero-order chi connectivity index (χ0) is 17.1. The predicted octanol–water partition coefficient (Wildman–Crippen LogP) is 3.45. The zero-order valence-electron chi connectivity index (χ0n) is 13.1. The minimum absolute atomic E-state index is 0.0877. The lowest BCUT2D eigenvalue weighted by Crippen LogP contribution is -2.39. The standard InChI is InChI=1S/C17H22F3NO2/c1-12(21-15(22)11-16(23)8-2-3-9-16)10-13-4-6-14(7-5-13)17(18,19)20/h4-7,12,23H,2-3,8-11H2,1H3,(H,21,22). The largest absolute Gasteiger partial charge is 0.416 e. The van der Waals surface area contributed by atoms with E-state index in [1.165, 1.54) is 12.1 Å². The maximum absolute atomic E-state index is 12.5. The lowest BCUT2D eigenvalue weighted by atomic mass is 9.97. The van der Waals surface area contributed by atoms with E-state index in [9.17, 15) is 23.1 Å². The van der Waals surface area contributed by atoms with Gasteiger partial charge in [0, 0.05) is 6.04 Å². The molecule has 1 fully saturated rings. The lowest BCUT2D eigenvalue weighted by molar-refractivity contribution is -0.137. The molecule has 0 saturated heterocycles. The van der Waals surface area contributed by atoms with E-state index < -0.39 is 17.3 Å². The van der Waals surface area contributed by atoms with Gasteiger partial charge in [0.25, 0.3) is 0 Å². The Labute approximate surface area is 133 Å². The third-order valence-corrected chi connectivity index (χ3v) is 4.25. The van der Waals surface area contributed by atoms with Crippen molar-refractivity contribution in [2.75, 3.05) is 0 Å². The molecule has 2 N–H and O–H groups in total. The van der Waals surface area contributed by atoms with E-state index >= 15 is 0 Å². The number of aliphatic hydroxyl groups is 1. The molecular weight excluding hydrogens is 307 g/mol. The maximum atomic E-state index is 12.5. The summed E-state index contributed by atoms with van der Waals surface area (Å²) in [6.07, 6.45) is -0.640. The molecule has 23 heavy (non-hydrogen) atoms. The number of alkyl halides is 3. The molecule has 0 heterocycles. The molecular formula is C17H22F3NO2. The van der Waals surface area contributed by atoms with Gasteiger partial charge in [0.1, 0.15) is 0 Å². The van der Waals surface area contributed by atoms with Gasteiger partial charge < -0.3 is 10.4 Å². The monoisotopic (exact) mass is 329 g/mol. The molecule has 2 rings (SSSR count). The molecule has 0 spiro atoms. The fraction of sp³-hybridized carbons (Fsp3) is 0.588. The van der Waals surface area contributed by atoms with Crippen LogP contribution in [0.1, 0.15) is 50.2 Å². The number of nitrogens with one attached hydrogen (secondary N) is 1. The second-order valence-corrected chi connectivity index (χ2v) is 6.48. The highest BCUT2D eigenvalue weighted by Gasteiger charge is 2.33. The summed E-state index contributed by atoms with van der Waals surface area (Å²) in [5.74, 6) is -0.214. The van der Waals surface area contributed by atoms with Crippen molar-refractivity contribution in [2.24, 2.45) is 0 Å². The molecule has 1 unspecified atom stereocenters. The predicted molar refractivity (Wildman–Crippen MR) is 80.8 cm³/mol. The number of amides is 1. The Morgan fingerprint density at radius 2 is 1.83 bits per heavy atom. The Morgan fingerprint density at radius 1 is 1.26 bits per heavy atom. The molecule has 128 valence electrons. The summed E-state index contributed by atoms with van der Waals surface area (Å²) in [7, 11) is 0. The molecule has 1 atom stereocenters. The van der Waals surface area contributed by atoms with Crippen LogP contribution in [0, 0.1) is 0 Å². The SMILES string of the molecule is CC(Cc1ccc(C(F)(F)F)cc1)NC(=O)CC1(O)CCCC1. The van der Waals surface area contributed by atoms with Gasteiger partial charge in [0.15, 0.2) is 0 Å². The van der Waals surface area contributed by atoms with E-state index in [-0.39, 0.29) is 18.4 Å². The van der Waals surface area contributed by atoms with Gasteiger partial charge in [-0.05, 0) is 43.9 Å². The first-order chi connectivity index (χ1) is 10.7. The van der Waals surface area contributed by atoms with Crippen LogP contribution >= 0.6 is 0 Å². The molecule has 0 bridgehead atoms. The maximum Gasteiger partial charge on any atom is 0.416 e. The summed E-state index contributed by atoms with van der Waals surface area (Å²) < 4.78 is 37.5. The third-order valence-electron chi connectivity index (χ3n) is 4.25. The van der Waals surface area contributed by atoms with Crippen molar-refractivity contribution in [3.8, 4) is 0 Å².